The third-order valence-corrected chi connectivity index (χ3v) is 4.95. The summed E-state index contributed by atoms with van der Waals surface area (Å²) in [6.07, 6.45) is 7.28. The van der Waals surface area contributed by atoms with Crippen molar-refractivity contribution in [1.29, 1.82) is 0 Å². The summed E-state index contributed by atoms with van der Waals surface area (Å²) in [6, 6.07) is 4.10. The number of nitrogens with zero attached hydrogens (tertiary/aromatic N) is 5. The van der Waals surface area contributed by atoms with Crippen molar-refractivity contribution >= 4 is 17.3 Å². The second kappa shape index (κ2) is 6.85. The van der Waals surface area contributed by atoms with Crippen LogP contribution in [-0.4, -0.2) is 45.2 Å². The second-order valence-electron chi connectivity index (χ2n) is 6.16. The molecule has 0 radical (unpaired) electrons. The molecule has 0 aliphatic carbocycles. The van der Waals surface area contributed by atoms with Crippen molar-refractivity contribution in [3.05, 3.63) is 42.3 Å². The van der Waals surface area contributed by atoms with E-state index in [1.165, 1.54) is 0 Å². The van der Waals surface area contributed by atoms with Crippen LogP contribution in [0.2, 0.25) is 0 Å². The second-order valence-corrected chi connectivity index (χ2v) is 7.11. The average molecular weight is 353 g/mol. The summed E-state index contributed by atoms with van der Waals surface area (Å²) in [4.78, 5) is 21.4. The third-order valence-electron chi connectivity index (χ3n) is 4.07. The topological polar surface area (TPSA) is 64.0 Å². The Bertz CT molecular complexity index is 830. The Hall–Kier alpha value is -2.38. The number of hydrogen-bond acceptors (Lipinski definition) is 7. The maximum Gasteiger partial charge on any atom is 0.226 e. The maximum atomic E-state index is 5.82. The average Bonchev–Trinajstić information content (AvgIpc) is 3.16. The molecule has 0 N–H and O–H groups in total. The van der Waals surface area contributed by atoms with Crippen LogP contribution in [-0.2, 0) is 4.74 Å². The molecule has 4 rings (SSSR count). The van der Waals surface area contributed by atoms with Gasteiger partial charge in [0.1, 0.15) is 0 Å². The molecule has 1 aliphatic heterocycles. The van der Waals surface area contributed by atoms with Gasteiger partial charge in [-0.05, 0) is 25.3 Å². The Morgan fingerprint density at radius 1 is 1.12 bits per heavy atom. The van der Waals surface area contributed by atoms with Gasteiger partial charge < -0.3 is 9.64 Å². The van der Waals surface area contributed by atoms with Gasteiger partial charge in [0.15, 0.2) is 0 Å². The summed E-state index contributed by atoms with van der Waals surface area (Å²) >= 11 is 1.66. The number of ether oxygens (including phenoxy) is 1. The summed E-state index contributed by atoms with van der Waals surface area (Å²) in [5.74, 6) is 0.734. The minimum absolute atomic E-state index is 0.164. The van der Waals surface area contributed by atoms with Crippen LogP contribution in [0.15, 0.2) is 42.3 Å². The highest BCUT2D eigenvalue weighted by Gasteiger charge is 2.25. The molecule has 2 unspecified atom stereocenters. The molecular weight excluding hydrogens is 334 g/mol. The number of thiophene rings is 1. The SMILES string of the molecule is CC1CN(c2ncc(-c3cnccn3)c(-c3cccs3)n2)CC(C)O1. The lowest BCUT2D eigenvalue weighted by molar-refractivity contribution is -0.00571. The summed E-state index contributed by atoms with van der Waals surface area (Å²) < 4.78 is 5.82. The highest BCUT2D eigenvalue weighted by Crippen LogP contribution is 2.33. The van der Waals surface area contributed by atoms with Gasteiger partial charge in [0.25, 0.3) is 0 Å². The molecule has 25 heavy (non-hydrogen) atoms. The van der Waals surface area contributed by atoms with E-state index in [4.69, 9.17) is 9.72 Å². The van der Waals surface area contributed by atoms with Gasteiger partial charge >= 0.3 is 0 Å². The Labute approximate surface area is 150 Å². The molecule has 1 fully saturated rings. The molecule has 3 aromatic rings. The van der Waals surface area contributed by atoms with Crippen LogP contribution in [0.5, 0.6) is 0 Å². The standard InChI is InChI=1S/C18H19N5OS/c1-12-10-23(11-13(2)24-12)18-21-8-14(15-9-19-5-6-20-15)17(22-18)16-4-3-7-25-16/h3-9,12-13H,10-11H2,1-2H3. The molecule has 6 nitrogen and oxygen atoms in total. The molecule has 0 aromatic carbocycles. The van der Waals surface area contributed by atoms with Crippen molar-refractivity contribution in [2.45, 2.75) is 26.1 Å². The van der Waals surface area contributed by atoms with Crippen LogP contribution in [0.4, 0.5) is 5.95 Å². The summed E-state index contributed by atoms with van der Waals surface area (Å²) in [5, 5.41) is 2.05. The van der Waals surface area contributed by atoms with Crippen LogP contribution in [0.3, 0.4) is 0 Å². The summed E-state index contributed by atoms with van der Waals surface area (Å²) in [6.45, 7) is 5.74. The van der Waals surface area contributed by atoms with E-state index in [1.54, 1.807) is 29.9 Å². The molecule has 7 heteroatoms. The maximum absolute atomic E-state index is 5.82. The van der Waals surface area contributed by atoms with Gasteiger partial charge in [0, 0.05) is 37.2 Å². The molecule has 0 bridgehead atoms. The minimum Gasteiger partial charge on any atom is -0.372 e. The zero-order valence-electron chi connectivity index (χ0n) is 14.2. The smallest absolute Gasteiger partial charge is 0.226 e. The molecule has 128 valence electrons. The zero-order chi connectivity index (χ0) is 17.2. The highest BCUT2D eigenvalue weighted by atomic mass is 32.1. The minimum atomic E-state index is 0.164. The van der Waals surface area contributed by atoms with Gasteiger partial charge in [0.2, 0.25) is 5.95 Å². The molecule has 1 aliphatic rings. The number of anilines is 1. The Morgan fingerprint density at radius 3 is 2.64 bits per heavy atom. The fourth-order valence-electron chi connectivity index (χ4n) is 3.09. The van der Waals surface area contributed by atoms with Gasteiger partial charge in [0.05, 0.1) is 34.7 Å². The van der Waals surface area contributed by atoms with Crippen LogP contribution in [0.25, 0.3) is 21.8 Å². The van der Waals surface area contributed by atoms with Gasteiger partial charge in [-0.25, -0.2) is 9.97 Å². The van der Waals surface area contributed by atoms with Gasteiger partial charge in [-0.2, -0.15) is 0 Å². The third kappa shape index (κ3) is 3.38. The van der Waals surface area contributed by atoms with E-state index in [1.807, 2.05) is 12.3 Å². The van der Waals surface area contributed by atoms with E-state index in [9.17, 15) is 0 Å². The first-order valence-corrected chi connectivity index (χ1v) is 9.16. The monoisotopic (exact) mass is 353 g/mol. The Morgan fingerprint density at radius 2 is 1.96 bits per heavy atom. The summed E-state index contributed by atoms with van der Waals surface area (Å²) in [5.41, 5.74) is 2.57. The normalized spacial score (nSPS) is 20.6. The molecule has 1 saturated heterocycles. The predicted molar refractivity (Wildman–Crippen MR) is 98.6 cm³/mol. The van der Waals surface area contributed by atoms with E-state index in [-0.39, 0.29) is 12.2 Å². The van der Waals surface area contributed by atoms with Crippen molar-refractivity contribution in [2.24, 2.45) is 0 Å². The predicted octanol–water partition coefficient (Wildman–Crippen LogP) is 3.28. The summed E-state index contributed by atoms with van der Waals surface area (Å²) in [7, 11) is 0. The van der Waals surface area contributed by atoms with Crippen LogP contribution in [0.1, 0.15) is 13.8 Å². The molecule has 0 saturated carbocycles. The number of hydrogen-bond donors (Lipinski definition) is 0. The lowest BCUT2D eigenvalue weighted by Gasteiger charge is -2.35. The van der Waals surface area contributed by atoms with Crippen molar-refractivity contribution in [2.75, 3.05) is 18.0 Å². The molecule has 3 aromatic heterocycles. The van der Waals surface area contributed by atoms with E-state index in [2.05, 4.69) is 45.1 Å². The largest absolute Gasteiger partial charge is 0.372 e. The first kappa shape index (κ1) is 16.1. The van der Waals surface area contributed by atoms with Crippen LogP contribution in [0, 0.1) is 0 Å². The van der Waals surface area contributed by atoms with E-state index in [0.717, 1.165) is 40.9 Å². The van der Waals surface area contributed by atoms with Crippen molar-refractivity contribution < 1.29 is 4.74 Å². The molecule has 0 amide bonds. The molecule has 0 spiro atoms. The fraction of sp³-hybridized carbons (Fsp3) is 0.333. The highest BCUT2D eigenvalue weighted by molar-refractivity contribution is 7.13. The van der Waals surface area contributed by atoms with E-state index < -0.39 is 0 Å². The zero-order valence-corrected chi connectivity index (χ0v) is 15.0. The van der Waals surface area contributed by atoms with Crippen molar-refractivity contribution in [1.82, 2.24) is 19.9 Å². The fourth-order valence-corrected chi connectivity index (χ4v) is 3.82. The first-order chi connectivity index (χ1) is 12.2. The van der Waals surface area contributed by atoms with Crippen LogP contribution >= 0.6 is 11.3 Å². The molecule has 4 heterocycles. The van der Waals surface area contributed by atoms with Crippen molar-refractivity contribution in [3.63, 3.8) is 0 Å². The lowest BCUT2D eigenvalue weighted by atomic mass is 10.1. The molecular formula is C18H19N5OS. The first-order valence-electron chi connectivity index (χ1n) is 8.28. The Kier molecular flexibility index (Phi) is 4.42. The van der Waals surface area contributed by atoms with Gasteiger partial charge in [-0.1, -0.05) is 6.07 Å². The number of aromatic nitrogens is 4. The van der Waals surface area contributed by atoms with Crippen molar-refractivity contribution in [3.8, 4) is 21.8 Å². The molecule has 2 atom stereocenters. The van der Waals surface area contributed by atoms with Crippen LogP contribution < -0.4 is 4.90 Å². The number of morpholine rings is 1. The van der Waals surface area contributed by atoms with E-state index in [0.29, 0.717) is 0 Å². The van der Waals surface area contributed by atoms with Gasteiger partial charge in [-0.15, -0.1) is 11.3 Å². The van der Waals surface area contributed by atoms with Gasteiger partial charge in [-0.3, -0.25) is 9.97 Å². The Balaban J connectivity index is 1.78. The lowest BCUT2D eigenvalue weighted by Crippen LogP contribution is -2.46. The van der Waals surface area contributed by atoms with E-state index >= 15 is 0 Å². The quantitative estimate of drug-likeness (QED) is 0.720. The number of rotatable bonds is 3.